The van der Waals surface area contributed by atoms with Crippen LogP contribution < -0.4 is 0 Å². The van der Waals surface area contributed by atoms with Crippen molar-refractivity contribution in [3.05, 3.63) is 29.2 Å². The average Bonchev–Trinajstić information content (AvgIpc) is 2.71. The maximum Gasteiger partial charge on any atom is 0.293 e. The Labute approximate surface area is 95.0 Å². The van der Waals surface area contributed by atoms with Crippen molar-refractivity contribution in [1.82, 2.24) is 9.55 Å². The van der Waals surface area contributed by atoms with Gasteiger partial charge in [-0.2, -0.15) is 0 Å². The fraction of sp³-hybridized carbons (Fsp3) is 0.545. The topological polar surface area (TPSA) is 46.8 Å². The van der Waals surface area contributed by atoms with Crippen LogP contribution in [0.15, 0.2) is 6.33 Å². The smallest absolute Gasteiger partial charge is 0.293 e. The van der Waals surface area contributed by atoms with Crippen molar-refractivity contribution in [2.24, 2.45) is 0 Å². The molecule has 0 atom stereocenters. The van der Waals surface area contributed by atoms with Crippen LogP contribution in [0.2, 0.25) is 0 Å². The highest BCUT2D eigenvalue weighted by atomic mass is 16.2. The molecule has 0 aliphatic rings. The van der Waals surface area contributed by atoms with Gasteiger partial charge in [-0.15, -0.1) is 0 Å². The number of aryl methyl sites for hydroxylation is 1. The lowest BCUT2D eigenvalue weighted by Gasteiger charge is -2.00. The van der Waals surface area contributed by atoms with Crippen LogP contribution in [0.1, 0.15) is 25.7 Å². The number of nitrogens with zero attached hydrogens (tertiary/aromatic N) is 4. The molecular formula is C11H14N4O. The van der Waals surface area contributed by atoms with Crippen molar-refractivity contribution >= 4 is 11.6 Å². The van der Waals surface area contributed by atoms with E-state index in [2.05, 4.69) is 14.7 Å². The Bertz CT molecular complexity index is 411. The van der Waals surface area contributed by atoms with E-state index in [0.29, 0.717) is 12.4 Å². The number of hydrogen-bond donors (Lipinski definition) is 1. The largest absolute Gasteiger partial charge is 0.396 e. The van der Waals surface area contributed by atoms with E-state index in [9.17, 15) is 0 Å². The Balaban J connectivity index is 2.46. The van der Waals surface area contributed by atoms with Gasteiger partial charge in [0.2, 0.25) is 0 Å². The summed E-state index contributed by atoms with van der Waals surface area (Å²) in [5, 5.41) is 8.61. The predicted octanol–water partition coefficient (Wildman–Crippen LogP) is 2.54. The van der Waals surface area contributed by atoms with E-state index in [-0.39, 0.29) is 12.4 Å². The predicted molar refractivity (Wildman–Crippen MR) is 60.3 cm³/mol. The molecule has 1 aromatic rings. The molecule has 0 radical (unpaired) electrons. The molecular weight excluding hydrogens is 204 g/mol. The molecule has 1 rings (SSSR count). The van der Waals surface area contributed by atoms with Crippen LogP contribution in [-0.2, 0) is 6.54 Å². The summed E-state index contributed by atoms with van der Waals surface area (Å²) in [5.41, 5.74) is 0. The Kier molecular flexibility index (Phi) is 5.04. The van der Waals surface area contributed by atoms with Crippen LogP contribution >= 0.6 is 0 Å². The quantitative estimate of drug-likeness (QED) is 0.589. The molecule has 0 fully saturated rings. The summed E-state index contributed by atoms with van der Waals surface area (Å²) in [6, 6.07) is 0. The number of imidazole rings is 1. The van der Waals surface area contributed by atoms with E-state index in [0.717, 1.165) is 25.7 Å². The Hall–Kier alpha value is -1.85. The summed E-state index contributed by atoms with van der Waals surface area (Å²) in [6.45, 7) is 14.8. The summed E-state index contributed by atoms with van der Waals surface area (Å²) < 4.78 is 1.72. The van der Waals surface area contributed by atoms with Gasteiger partial charge in [0.15, 0.2) is 0 Å². The molecule has 0 amide bonds. The average molecular weight is 218 g/mol. The summed E-state index contributed by atoms with van der Waals surface area (Å²) in [4.78, 5) is 10.4. The molecule has 5 nitrogen and oxygen atoms in total. The number of hydrogen-bond acceptors (Lipinski definition) is 2. The van der Waals surface area contributed by atoms with Gasteiger partial charge in [0.1, 0.15) is 0 Å². The summed E-state index contributed by atoms with van der Waals surface area (Å²) in [6.07, 6.45) is 5.33. The van der Waals surface area contributed by atoms with Crippen molar-refractivity contribution in [2.75, 3.05) is 6.61 Å². The van der Waals surface area contributed by atoms with Gasteiger partial charge in [-0.05, 0) is 19.3 Å². The second-order valence-electron chi connectivity index (χ2n) is 3.45. The third kappa shape index (κ3) is 3.08. The number of rotatable bonds is 6. The van der Waals surface area contributed by atoms with E-state index >= 15 is 0 Å². The van der Waals surface area contributed by atoms with Crippen molar-refractivity contribution in [1.29, 1.82) is 0 Å². The Morgan fingerprint density at radius 3 is 2.56 bits per heavy atom. The third-order valence-electron chi connectivity index (χ3n) is 2.31. The van der Waals surface area contributed by atoms with Crippen LogP contribution in [-0.4, -0.2) is 21.3 Å². The maximum absolute atomic E-state index is 8.61. The second kappa shape index (κ2) is 6.60. The molecule has 0 bridgehead atoms. The molecule has 0 aliphatic carbocycles. The molecule has 1 heterocycles. The summed E-state index contributed by atoms with van der Waals surface area (Å²) in [7, 11) is 0. The highest BCUT2D eigenvalue weighted by Gasteiger charge is 2.11. The molecule has 1 N–H and O–H groups in total. The molecule has 0 saturated carbocycles. The fourth-order valence-electron chi connectivity index (χ4n) is 1.47. The van der Waals surface area contributed by atoms with Crippen molar-refractivity contribution in [2.45, 2.75) is 32.2 Å². The minimum atomic E-state index is 0.186. The lowest BCUT2D eigenvalue weighted by Crippen LogP contribution is -1.95. The van der Waals surface area contributed by atoms with Crippen molar-refractivity contribution in [3.8, 4) is 0 Å². The van der Waals surface area contributed by atoms with E-state index < -0.39 is 0 Å². The van der Waals surface area contributed by atoms with Crippen LogP contribution in [0.3, 0.4) is 0 Å². The first-order valence-electron chi connectivity index (χ1n) is 5.24. The van der Waals surface area contributed by atoms with Crippen molar-refractivity contribution < 1.29 is 5.11 Å². The van der Waals surface area contributed by atoms with E-state index in [1.54, 1.807) is 10.9 Å². The van der Waals surface area contributed by atoms with Crippen LogP contribution in [0.4, 0.5) is 11.6 Å². The third-order valence-corrected chi connectivity index (χ3v) is 2.31. The molecule has 84 valence electrons. The molecule has 0 aliphatic heterocycles. The van der Waals surface area contributed by atoms with E-state index in [1.807, 2.05) is 0 Å². The lowest BCUT2D eigenvalue weighted by molar-refractivity contribution is 0.282. The molecule has 0 unspecified atom stereocenters. The van der Waals surface area contributed by atoms with Gasteiger partial charge >= 0.3 is 0 Å². The minimum absolute atomic E-state index is 0.186. The molecule has 5 heteroatoms. The molecule has 0 aromatic carbocycles. The van der Waals surface area contributed by atoms with E-state index in [1.165, 1.54) is 0 Å². The van der Waals surface area contributed by atoms with Gasteiger partial charge in [0.25, 0.3) is 18.0 Å². The summed E-state index contributed by atoms with van der Waals surface area (Å²) in [5.74, 6) is 0.516. The monoisotopic (exact) mass is 218 g/mol. The minimum Gasteiger partial charge on any atom is -0.396 e. The highest BCUT2D eigenvalue weighted by Crippen LogP contribution is 2.26. The van der Waals surface area contributed by atoms with Gasteiger partial charge in [-0.3, -0.25) is 4.57 Å². The number of aliphatic hydroxyl groups is 1. The number of aromatic nitrogens is 2. The van der Waals surface area contributed by atoms with Gasteiger partial charge in [0, 0.05) is 6.61 Å². The van der Waals surface area contributed by atoms with E-state index in [4.69, 9.17) is 18.3 Å². The highest BCUT2D eigenvalue weighted by molar-refractivity contribution is 5.61. The van der Waals surface area contributed by atoms with Gasteiger partial charge in [0.05, 0.1) is 6.54 Å². The number of aliphatic hydroxyl groups excluding tert-OH is 1. The van der Waals surface area contributed by atoms with Gasteiger partial charge in [-0.1, -0.05) is 24.5 Å². The first-order valence-corrected chi connectivity index (χ1v) is 5.24. The normalized spacial score (nSPS) is 9.69. The SMILES string of the molecule is [C-]#[N+]c1ncn(CCCCCCO)c1[N+]#[C-]. The molecule has 1 aromatic heterocycles. The van der Waals surface area contributed by atoms with Gasteiger partial charge < -0.3 is 14.8 Å². The number of unbranched alkanes of at least 4 members (excludes halogenated alkanes) is 3. The van der Waals surface area contributed by atoms with Crippen LogP contribution in [0.5, 0.6) is 0 Å². The Morgan fingerprint density at radius 2 is 1.94 bits per heavy atom. The first-order chi connectivity index (χ1) is 7.83. The molecule has 16 heavy (non-hydrogen) atoms. The molecule has 0 saturated heterocycles. The second-order valence-corrected chi connectivity index (χ2v) is 3.45. The van der Waals surface area contributed by atoms with Crippen LogP contribution in [0, 0.1) is 13.1 Å². The fourth-order valence-corrected chi connectivity index (χ4v) is 1.47. The van der Waals surface area contributed by atoms with Crippen LogP contribution in [0.25, 0.3) is 9.69 Å². The molecule has 0 spiro atoms. The standard InChI is InChI=1S/C11H14N4O/c1-12-10-11(13-2)15(9-14-10)7-5-3-4-6-8-16/h9,16H,3-8H2. The zero-order chi connectivity index (χ0) is 11.8. The first kappa shape index (κ1) is 12.2. The maximum atomic E-state index is 8.61. The zero-order valence-corrected chi connectivity index (χ0v) is 9.06. The lowest BCUT2D eigenvalue weighted by atomic mass is 10.2. The van der Waals surface area contributed by atoms with Gasteiger partial charge in [-0.25, -0.2) is 0 Å². The zero-order valence-electron chi connectivity index (χ0n) is 9.06. The Morgan fingerprint density at radius 1 is 1.19 bits per heavy atom. The van der Waals surface area contributed by atoms with Crippen molar-refractivity contribution in [3.63, 3.8) is 0 Å². The summed E-state index contributed by atoms with van der Waals surface area (Å²) >= 11 is 0.